The molecule has 2 aromatic rings. The fourth-order valence-corrected chi connectivity index (χ4v) is 2.57. The molecule has 0 radical (unpaired) electrons. The van der Waals surface area contributed by atoms with Gasteiger partial charge in [0.2, 0.25) is 0 Å². The Morgan fingerprint density at radius 1 is 1.23 bits per heavy atom. The largest absolute Gasteiger partial charge is 0.157 e. The molecule has 2 aromatic heterocycles. The van der Waals surface area contributed by atoms with Crippen molar-refractivity contribution >= 4 is 43.2 Å². The average molecular weight is 320 g/mol. The van der Waals surface area contributed by atoms with Crippen LogP contribution in [0.4, 0.5) is 0 Å². The number of aromatic nitrogens is 2. The van der Waals surface area contributed by atoms with Gasteiger partial charge < -0.3 is 0 Å². The molecule has 2 rings (SSSR count). The molecule has 13 heavy (non-hydrogen) atoms. The van der Waals surface area contributed by atoms with Gasteiger partial charge in [-0.15, -0.1) is 16.4 Å². The number of hydrogen-bond acceptors (Lipinski definition) is 3. The molecule has 0 atom stereocenters. The lowest BCUT2D eigenvalue weighted by atomic mass is 10.3. The SMILES string of the molecule is Brc1cnnc(-c2ccc(Br)s2)c1. The first kappa shape index (κ1) is 9.30. The molecule has 0 unspecified atom stereocenters. The Kier molecular flexibility index (Phi) is 2.76. The van der Waals surface area contributed by atoms with Crippen LogP contribution in [0.2, 0.25) is 0 Å². The van der Waals surface area contributed by atoms with Gasteiger partial charge in [-0.2, -0.15) is 5.10 Å². The van der Waals surface area contributed by atoms with Gasteiger partial charge in [0.05, 0.1) is 14.9 Å². The molecule has 66 valence electrons. The van der Waals surface area contributed by atoms with Crippen LogP contribution in [0.1, 0.15) is 0 Å². The van der Waals surface area contributed by atoms with Crippen LogP contribution >= 0.6 is 43.2 Å². The smallest absolute Gasteiger partial charge is 0.104 e. The molecule has 5 heteroatoms. The number of nitrogens with zero attached hydrogens (tertiary/aromatic N) is 2. The molecule has 0 spiro atoms. The number of rotatable bonds is 1. The van der Waals surface area contributed by atoms with E-state index in [4.69, 9.17) is 0 Å². The average Bonchev–Trinajstić information content (AvgIpc) is 2.52. The standard InChI is InChI=1S/C8H4Br2N2S/c9-5-3-6(12-11-4-5)7-1-2-8(10)13-7/h1-4H. The topological polar surface area (TPSA) is 25.8 Å². The summed E-state index contributed by atoms with van der Waals surface area (Å²) >= 11 is 8.41. The molecule has 0 saturated heterocycles. The normalized spacial score (nSPS) is 10.3. The van der Waals surface area contributed by atoms with Gasteiger partial charge >= 0.3 is 0 Å². The summed E-state index contributed by atoms with van der Waals surface area (Å²) in [5.74, 6) is 0. The van der Waals surface area contributed by atoms with E-state index >= 15 is 0 Å². The third-order valence-electron chi connectivity index (χ3n) is 1.45. The fourth-order valence-electron chi connectivity index (χ4n) is 0.915. The molecule has 0 bridgehead atoms. The highest BCUT2D eigenvalue weighted by molar-refractivity contribution is 9.11. The maximum atomic E-state index is 4.03. The summed E-state index contributed by atoms with van der Waals surface area (Å²) in [6.45, 7) is 0. The van der Waals surface area contributed by atoms with Crippen molar-refractivity contribution in [2.24, 2.45) is 0 Å². The number of halogens is 2. The first-order chi connectivity index (χ1) is 6.25. The second-order valence-electron chi connectivity index (χ2n) is 2.36. The van der Waals surface area contributed by atoms with E-state index in [1.54, 1.807) is 17.5 Å². The molecule has 0 aliphatic heterocycles. The van der Waals surface area contributed by atoms with E-state index in [1.165, 1.54) is 0 Å². The molecule has 0 aliphatic rings. The van der Waals surface area contributed by atoms with Crippen LogP contribution < -0.4 is 0 Å². The minimum atomic E-state index is 0.894. The minimum Gasteiger partial charge on any atom is -0.157 e. The van der Waals surface area contributed by atoms with Crippen LogP contribution in [-0.2, 0) is 0 Å². The summed E-state index contributed by atoms with van der Waals surface area (Å²) in [4.78, 5) is 1.11. The van der Waals surface area contributed by atoms with Crippen molar-refractivity contribution in [1.29, 1.82) is 0 Å². The summed E-state index contributed by atoms with van der Waals surface area (Å²) < 4.78 is 2.05. The zero-order chi connectivity index (χ0) is 9.26. The van der Waals surface area contributed by atoms with E-state index < -0.39 is 0 Å². The van der Waals surface area contributed by atoms with Crippen molar-refractivity contribution in [3.05, 3.63) is 32.7 Å². The van der Waals surface area contributed by atoms with Gasteiger partial charge in [-0.25, -0.2) is 0 Å². The predicted molar refractivity (Wildman–Crippen MR) is 60.7 cm³/mol. The minimum absolute atomic E-state index is 0.894. The van der Waals surface area contributed by atoms with Crippen molar-refractivity contribution in [3.8, 4) is 10.6 Å². The van der Waals surface area contributed by atoms with Gasteiger partial charge in [-0.1, -0.05) is 0 Å². The first-order valence-corrected chi connectivity index (χ1v) is 5.90. The van der Waals surface area contributed by atoms with Gasteiger partial charge in [-0.05, 0) is 50.1 Å². The Bertz CT molecular complexity index is 428. The molecular weight excluding hydrogens is 316 g/mol. The Morgan fingerprint density at radius 2 is 2.08 bits per heavy atom. The van der Waals surface area contributed by atoms with Gasteiger partial charge in [-0.3, -0.25) is 0 Å². The van der Waals surface area contributed by atoms with Gasteiger partial charge in [0, 0.05) is 4.47 Å². The van der Waals surface area contributed by atoms with E-state index in [1.807, 2.05) is 18.2 Å². The van der Waals surface area contributed by atoms with Crippen LogP contribution in [0.25, 0.3) is 10.6 Å². The van der Waals surface area contributed by atoms with E-state index in [9.17, 15) is 0 Å². The summed E-state index contributed by atoms with van der Waals surface area (Å²) in [5, 5.41) is 7.90. The van der Waals surface area contributed by atoms with Crippen LogP contribution in [0.5, 0.6) is 0 Å². The molecule has 0 amide bonds. The monoisotopic (exact) mass is 318 g/mol. The van der Waals surface area contributed by atoms with Crippen molar-refractivity contribution < 1.29 is 0 Å². The molecule has 0 saturated carbocycles. The molecule has 0 fully saturated rings. The highest BCUT2D eigenvalue weighted by Crippen LogP contribution is 2.30. The van der Waals surface area contributed by atoms with E-state index in [0.717, 1.165) is 18.8 Å². The van der Waals surface area contributed by atoms with E-state index in [0.29, 0.717) is 0 Å². The van der Waals surface area contributed by atoms with Crippen LogP contribution in [-0.4, -0.2) is 10.2 Å². The van der Waals surface area contributed by atoms with Crippen molar-refractivity contribution in [2.75, 3.05) is 0 Å². The maximum absolute atomic E-state index is 4.03. The van der Waals surface area contributed by atoms with Gasteiger partial charge in [0.1, 0.15) is 5.69 Å². The lowest BCUT2D eigenvalue weighted by Gasteiger charge is -1.94. The first-order valence-electron chi connectivity index (χ1n) is 3.49. The Hall–Kier alpha value is -0.260. The molecule has 0 N–H and O–H groups in total. The molecular formula is C8H4Br2N2S. The Balaban J connectivity index is 2.46. The van der Waals surface area contributed by atoms with Crippen molar-refractivity contribution in [1.82, 2.24) is 10.2 Å². The quantitative estimate of drug-likeness (QED) is 0.800. The molecule has 2 heterocycles. The van der Waals surface area contributed by atoms with Crippen molar-refractivity contribution in [3.63, 3.8) is 0 Å². The third-order valence-corrected chi connectivity index (χ3v) is 3.53. The second-order valence-corrected chi connectivity index (χ2v) is 5.74. The highest BCUT2D eigenvalue weighted by Gasteiger charge is 2.03. The predicted octanol–water partition coefficient (Wildman–Crippen LogP) is 3.73. The third kappa shape index (κ3) is 2.15. The summed E-state index contributed by atoms with van der Waals surface area (Å²) in [5.41, 5.74) is 0.894. The highest BCUT2D eigenvalue weighted by atomic mass is 79.9. The van der Waals surface area contributed by atoms with Crippen LogP contribution in [0.3, 0.4) is 0 Å². The number of hydrogen-bond donors (Lipinski definition) is 0. The fraction of sp³-hybridized carbons (Fsp3) is 0. The molecule has 0 aliphatic carbocycles. The Labute approximate surface area is 96.3 Å². The van der Waals surface area contributed by atoms with Crippen LogP contribution in [0, 0.1) is 0 Å². The zero-order valence-electron chi connectivity index (χ0n) is 6.37. The van der Waals surface area contributed by atoms with Crippen LogP contribution in [0.15, 0.2) is 32.7 Å². The molecule has 2 nitrogen and oxygen atoms in total. The number of thiophene rings is 1. The molecule has 0 aromatic carbocycles. The lowest BCUT2D eigenvalue weighted by Crippen LogP contribution is -1.83. The van der Waals surface area contributed by atoms with Gasteiger partial charge in [0.25, 0.3) is 0 Å². The summed E-state index contributed by atoms with van der Waals surface area (Å²) in [6.07, 6.45) is 1.67. The summed E-state index contributed by atoms with van der Waals surface area (Å²) in [7, 11) is 0. The zero-order valence-corrected chi connectivity index (χ0v) is 10.4. The summed E-state index contributed by atoms with van der Waals surface area (Å²) in [6, 6.07) is 5.97. The lowest BCUT2D eigenvalue weighted by molar-refractivity contribution is 1.03. The maximum Gasteiger partial charge on any atom is 0.104 e. The van der Waals surface area contributed by atoms with E-state index in [-0.39, 0.29) is 0 Å². The van der Waals surface area contributed by atoms with E-state index in [2.05, 4.69) is 42.1 Å². The second kappa shape index (κ2) is 3.86. The van der Waals surface area contributed by atoms with Gasteiger partial charge in [0.15, 0.2) is 0 Å². The van der Waals surface area contributed by atoms with Crippen molar-refractivity contribution in [2.45, 2.75) is 0 Å². The Morgan fingerprint density at radius 3 is 2.69 bits per heavy atom.